The molecule has 0 bridgehead atoms. The lowest BCUT2D eigenvalue weighted by molar-refractivity contribution is -0.0383. The van der Waals surface area contributed by atoms with E-state index in [1.165, 1.54) is 28.8 Å². The van der Waals surface area contributed by atoms with Crippen LogP contribution in [0.1, 0.15) is 61.4 Å². The highest BCUT2D eigenvalue weighted by Crippen LogP contribution is 2.50. The molecule has 4 rings (SSSR count). The third-order valence-corrected chi connectivity index (χ3v) is 5.63. The molecule has 25 heavy (non-hydrogen) atoms. The lowest BCUT2D eigenvalue weighted by Gasteiger charge is -2.43. The van der Waals surface area contributed by atoms with E-state index in [-0.39, 0.29) is 12.1 Å². The number of methoxy groups -OCH3 is 1. The molecule has 2 aliphatic rings. The van der Waals surface area contributed by atoms with E-state index in [1.54, 1.807) is 7.11 Å². The Balaban J connectivity index is 1.78. The molecule has 132 valence electrons. The van der Waals surface area contributed by atoms with Crippen molar-refractivity contribution in [1.82, 2.24) is 0 Å². The fourth-order valence-electron chi connectivity index (χ4n) is 4.28. The maximum Gasteiger partial charge on any atom is 0.124 e. The summed E-state index contributed by atoms with van der Waals surface area (Å²) < 4.78 is 11.9. The van der Waals surface area contributed by atoms with Crippen LogP contribution < -0.4 is 10.1 Å². The lowest BCUT2D eigenvalue weighted by Crippen LogP contribution is -2.36. The molecule has 0 saturated carbocycles. The molecule has 3 nitrogen and oxygen atoms in total. The minimum Gasteiger partial charge on any atom is -0.496 e. The van der Waals surface area contributed by atoms with Crippen LogP contribution >= 0.6 is 0 Å². The summed E-state index contributed by atoms with van der Waals surface area (Å²) in [5.41, 5.74) is 5.12. The van der Waals surface area contributed by atoms with Crippen LogP contribution in [0, 0.1) is 5.92 Å². The molecule has 0 aliphatic carbocycles. The molecule has 2 aliphatic heterocycles. The van der Waals surface area contributed by atoms with Crippen LogP contribution in [0.3, 0.4) is 0 Å². The molecule has 2 aromatic rings. The molecule has 1 N–H and O–H groups in total. The maximum absolute atomic E-state index is 6.29. The van der Waals surface area contributed by atoms with E-state index >= 15 is 0 Å². The van der Waals surface area contributed by atoms with E-state index in [2.05, 4.69) is 49.5 Å². The van der Waals surface area contributed by atoms with Crippen LogP contribution in [0.15, 0.2) is 42.5 Å². The van der Waals surface area contributed by atoms with Gasteiger partial charge in [0.1, 0.15) is 5.75 Å². The largest absolute Gasteiger partial charge is 0.496 e. The molecule has 1 fully saturated rings. The second-order valence-electron chi connectivity index (χ2n) is 7.46. The summed E-state index contributed by atoms with van der Waals surface area (Å²) >= 11 is 0. The van der Waals surface area contributed by atoms with Crippen molar-refractivity contribution < 1.29 is 9.47 Å². The third kappa shape index (κ3) is 2.91. The van der Waals surface area contributed by atoms with Gasteiger partial charge >= 0.3 is 0 Å². The van der Waals surface area contributed by atoms with Crippen molar-refractivity contribution in [2.75, 3.05) is 19.0 Å². The predicted octanol–water partition coefficient (Wildman–Crippen LogP) is 5.45. The number of fused-ring (bicyclic) bond motifs is 3. The summed E-state index contributed by atoms with van der Waals surface area (Å²) in [4.78, 5) is 0. The van der Waals surface area contributed by atoms with Gasteiger partial charge in [-0.2, -0.15) is 0 Å². The van der Waals surface area contributed by atoms with Crippen molar-refractivity contribution in [3.8, 4) is 5.75 Å². The van der Waals surface area contributed by atoms with E-state index in [4.69, 9.17) is 9.47 Å². The Labute approximate surface area is 150 Å². The summed E-state index contributed by atoms with van der Waals surface area (Å²) in [7, 11) is 1.75. The van der Waals surface area contributed by atoms with E-state index in [0.29, 0.717) is 11.8 Å². The number of hydrogen-bond acceptors (Lipinski definition) is 3. The Kier molecular flexibility index (Phi) is 4.43. The molecular weight excluding hydrogens is 310 g/mol. The average Bonchev–Trinajstić information content (AvgIpc) is 2.67. The van der Waals surface area contributed by atoms with Gasteiger partial charge in [0.25, 0.3) is 0 Å². The second-order valence-corrected chi connectivity index (χ2v) is 7.46. The first kappa shape index (κ1) is 16.5. The van der Waals surface area contributed by atoms with E-state index < -0.39 is 0 Å². The highest BCUT2D eigenvalue weighted by molar-refractivity contribution is 5.59. The summed E-state index contributed by atoms with van der Waals surface area (Å²) in [5.74, 6) is 1.91. The number of nitrogens with one attached hydrogen (secondary N) is 1. The number of hydrogen-bond donors (Lipinski definition) is 1. The Morgan fingerprint density at radius 3 is 2.76 bits per heavy atom. The average molecular weight is 337 g/mol. The molecular formula is C22H27NO2. The lowest BCUT2D eigenvalue weighted by atomic mass is 9.76. The van der Waals surface area contributed by atoms with E-state index in [0.717, 1.165) is 18.8 Å². The Morgan fingerprint density at radius 1 is 1.12 bits per heavy atom. The molecule has 0 spiro atoms. The molecule has 2 aromatic carbocycles. The van der Waals surface area contributed by atoms with Gasteiger partial charge in [-0.05, 0) is 36.5 Å². The maximum atomic E-state index is 6.29. The van der Waals surface area contributed by atoms with Gasteiger partial charge in [0.2, 0.25) is 0 Å². The zero-order chi connectivity index (χ0) is 17.4. The Bertz CT molecular complexity index is 755. The number of anilines is 1. The minimum atomic E-state index is 0.165. The first-order chi connectivity index (χ1) is 12.2. The zero-order valence-corrected chi connectivity index (χ0v) is 15.3. The molecule has 3 heteroatoms. The van der Waals surface area contributed by atoms with E-state index in [9.17, 15) is 0 Å². The first-order valence-electron chi connectivity index (χ1n) is 9.34. The van der Waals surface area contributed by atoms with Crippen LogP contribution in [-0.4, -0.2) is 13.7 Å². The summed E-state index contributed by atoms with van der Waals surface area (Å²) in [6, 6.07) is 15.4. The van der Waals surface area contributed by atoms with Gasteiger partial charge in [-0.15, -0.1) is 0 Å². The third-order valence-electron chi connectivity index (χ3n) is 5.63. The van der Waals surface area contributed by atoms with Crippen molar-refractivity contribution in [3.63, 3.8) is 0 Å². The van der Waals surface area contributed by atoms with Gasteiger partial charge in [0.05, 0.1) is 19.3 Å². The molecule has 3 atom stereocenters. The van der Waals surface area contributed by atoms with Gasteiger partial charge in [0.15, 0.2) is 0 Å². The van der Waals surface area contributed by atoms with Gasteiger partial charge < -0.3 is 14.8 Å². The predicted molar refractivity (Wildman–Crippen MR) is 101 cm³/mol. The molecule has 0 aromatic heterocycles. The summed E-state index contributed by atoms with van der Waals surface area (Å²) in [6.45, 7) is 5.34. The smallest absolute Gasteiger partial charge is 0.124 e. The van der Waals surface area contributed by atoms with Crippen molar-refractivity contribution in [1.29, 1.82) is 0 Å². The molecule has 0 amide bonds. The quantitative estimate of drug-likeness (QED) is 0.807. The zero-order valence-electron chi connectivity index (χ0n) is 15.3. The topological polar surface area (TPSA) is 30.5 Å². The van der Waals surface area contributed by atoms with Crippen LogP contribution in [0.5, 0.6) is 5.75 Å². The van der Waals surface area contributed by atoms with Crippen LogP contribution in [0.2, 0.25) is 0 Å². The second kappa shape index (κ2) is 6.72. The van der Waals surface area contributed by atoms with Crippen LogP contribution in [0.25, 0.3) is 0 Å². The van der Waals surface area contributed by atoms with E-state index in [1.807, 2.05) is 12.1 Å². The number of ether oxygens (including phenoxy) is 2. The normalized spacial score (nSPS) is 25.0. The SMILES string of the molecule is COc1ccccc1[C@@H]1Nc2ccc(C(C)C)cc2[C@H]2OCCC[C@H]21. The monoisotopic (exact) mass is 337 g/mol. The minimum absolute atomic E-state index is 0.165. The molecule has 0 unspecified atom stereocenters. The van der Waals surface area contributed by atoms with Gasteiger partial charge in [0, 0.05) is 29.3 Å². The Hall–Kier alpha value is -2.00. The van der Waals surface area contributed by atoms with Crippen molar-refractivity contribution >= 4 is 5.69 Å². The number of benzene rings is 2. The Morgan fingerprint density at radius 2 is 1.96 bits per heavy atom. The van der Waals surface area contributed by atoms with Gasteiger partial charge in [-0.3, -0.25) is 0 Å². The fraction of sp³-hybridized carbons (Fsp3) is 0.455. The highest BCUT2D eigenvalue weighted by Gasteiger charge is 2.40. The highest BCUT2D eigenvalue weighted by atomic mass is 16.5. The molecule has 2 heterocycles. The number of rotatable bonds is 3. The van der Waals surface area contributed by atoms with Gasteiger partial charge in [-0.1, -0.05) is 44.2 Å². The first-order valence-corrected chi connectivity index (χ1v) is 9.34. The van der Waals surface area contributed by atoms with Crippen LogP contribution in [0.4, 0.5) is 5.69 Å². The number of para-hydroxylation sites is 1. The van der Waals surface area contributed by atoms with Crippen molar-refractivity contribution in [2.24, 2.45) is 5.92 Å². The summed E-state index contributed by atoms with van der Waals surface area (Å²) in [6.07, 6.45) is 2.46. The van der Waals surface area contributed by atoms with Crippen molar-refractivity contribution in [3.05, 3.63) is 59.2 Å². The fourth-order valence-corrected chi connectivity index (χ4v) is 4.28. The van der Waals surface area contributed by atoms with Gasteiger partial charge in [-0.25, -0.2) is 0 Å². The molecule has 1 saturated heterocycles. The standard InChI is InChI=1S/C22H27NO2/c1-14(2)15-10-11-19-18(13-15)22-17(8-6-12-25-22)21(23-19)16-7-4-5-9-20(16)24-3/h4-5,7,9-11,13-14,17,21-23H,6,8,12H2,1-3H3/t17-,21-,22-/m0/s1. The van der Waals surface area contributed by atoms with Crippen molar-refractivity contribution in [2.45, 2.75) is 44.8 Å². The summed E-state index contributed by atoms with van der Waals surface area (Å²) in [5, 5.41) is 3.79. The van der Waals surface area contributed by atoms with Crippen LogP contribution in [-0.2, 0) is 4.74 Å². The molecule has 0 radical (unpaired) electrons.